The molecule has 2 rings (SSSR count). The number of rotatable bonds is 14. The zero-order valence-corrected chi connectivity index (χ0v) is 28.2. The maximum Gasteiger partial charge on any atom is 0.408 e. The normalized spacial score (nSPS) is 16.9. The first-order chi connectivity index (χ1) is 21.5. The Morgan fingerprint density at radius 1 is 0.826 bits per heavy atom. The number of nitrogens with one attached hydrogen (secondary N) is 5. The van der Waals surface area contributed by atoms with Crippen molar-refractivity contribution in [2.45, 2.75) is 122 Å². The van der Waals surface area contributed by atoms with Crippen LogP contribution in [0.2, 0.25) is 0 Å². The van der Waals surface area contributed by atoms with Gasteiger partial charge in [0.1, 0.15) is 35.8 Å². The number of imidazole rings is 1. The van der Waals surface area contributed by atoms with Crippen molar-refractivity contribution in [3.8, 4) is 0 Å². The molecule has 0 bridgehead atoms. The predicted molar refractivity (Wildman–Crippen MR) is 168 cm³/mol. The molecule has 5 atom stereocenters. The van der Waals surface area contributed by atoms with Crippen LogP contribution in [0.5, 0.6) is 0 Å². The summed E-state index contributed by atoms with van der Waals surface area (Å²) in [6, 6.07) is -5.06. The first-order valence-electron chi connectivity index (χ1n) is 15.7. The first-order valence-corrected chi connectivity index (χ1v) is 15.7. The zero-order chi connectivity index (χ0) is 34.6. The molecule has 0 radical (unpaired) electrons. The fraction of sp³-hybridized carbons (Fsp3) is 0.710. The summed E-state index contributed by atoms with van der Waals surface area (Å²) in [6.07, 6.45) is 7.85. The Hall–Kier alpha value is -4.17. The third kappa shape index (κ3) is 12.7. The van der Waals surface area contributed by atoms with Crippen molar-refractivity contribution in [3.63, 3.8) is 0 Å². The summed E-state index contributed by atoms with van der Waals surface area (Å²) >= 11 is 0. The average molecular weight is 650 g/mol. The molecule has 0 saturated heterocycles. The van der Waals surface area contributed by atoms with E-state index in [1.807, 2.05) is 0 Å². The number of methoxy groups -OCH3 is 1. The van der Waals surface area contributed by atoms with Gasteiger partial charge in [-0.1, -0.05) is 32.1 Å². The van der Waals surface area contributed by atoms with E-state index in [-0.39, 0.29) is 12.3 Å². The highest BCUT2D eigenvalue weighted by atomic mass is 16.6. The first kappa shape index (κ1) is 38.0. The summed E-state index contributed by atoms with van der Waals surface area (Å²) in [7, 11) is 2.97. The highest BCUT2D eigenvalue weighted by molar-refractivity contribution is 5.95. The van der Waals surface area contributed by atoms with E-state index < -0.39 is 71.5 Å². The Kier molecular flexibility index (Phi) is 14.5. The Balaban J connectivity index is 2.05. The molecule has 15 heteroatoms. The number of carbonyl (C=O) groups excluding carboxylic acids is 6. The number of esters is 1. The highest BCUT2D eigenvalue weighted by Gasteiger charge is 2.32. The van der Waals surface area contributed by atoms with Crippen LogP contribution in [0.4, 0.5) is 4.79 Å². The van der Waals surface area contributed by atoms with Gasteiger partial charge in [-0.05, 0) is 53.9 Å². The molecule has 1 saturated carbocycles. The van der Waals surface area contributed by atoms with Gasteiger partial charge in [0.25, 0.3) is 0 Å². The van der Waals surface area contributed by atoms with Crippen LogP contribution in [0.3, 0.4) is 0 Å². The lowest BCUT2D eigenvalue weighted by Gasteiger charge is -2.28. The van der Waals surface area contributed by atoms with E-state index in [1.165, 1.54) is 27.9 Å². The van der Waals surface area contributed by atoms with Gasteiger partial charge < -0.3 is 40.6 Å². The van der Waals surface area contributed by atoms with Crippen molar-refractivity contribution < 1.29 is 38.2 Å². The molecule has 5 N–H and O–H groups in total. The molecule has 0 spiro atoms. The van der Waals surface area contributed by atoms with E-state index in [9.17, 15) is 28.8 Å². The molecule has 46 heavy (non-hydrogen) atoms. The number of alkyl carbamates (subject to hydrolysis) is 1. The van der Waals surface area contributed by atoms with E-state index in [0.717, 1.165) is 32.1 Å². The topological polar surface area (TPSA) is 199 Å². The van der Waals surface area contributed by atoms with Gasteiger partial charge in [-0.3, -0.25) is 19.2 Å². The van der Waals surface area contributed by atoms with E-state index in [2.05, 4.69) is 31.6 Å². The number of nitrogens with zero attached hydrogens (tertiary/aromatic N) is 2. The van der Waals surface area contributed by atoms with Gasteiger partial charge in [-0.15, -0.1) is 0 Å². The monoisotopic (exact) mass is 649 g/mol. The van der Waals surface area contributed by atoms with Crippen LogP contribution in [-0.2, 0) is 46.9 Å². The molecule has 1 aliphatic carbocycles. The van der Waals surface area contributed by atoms with Gasteiger partial charge >= 0.3 is 12.1 Å². The van der Waals surface area contributed by atoms with E-state index in [0.29, 0.717) is 12.1 Å². The van der Waals surface area contributed by atoms with Crippen molar-refractivity contribution >= 4 is 35.7 Å². The maximum atomic E-state index is 13.2. The number of amides is 5. The summed E-state index contributed by atoms with van der Waals surface area (Å²) in [5.41, 5.74) is -0.136. The van der Waals surface area contributed by atoms with Crippen molar-refractivity contribution in [3.05, 3.63) is 18.2 Å². The molecule has 1 aliphatic rings. The predicted octanol–water partition coefficient (Wildman–Crippen LogP) is 0.998. The Bertz CT molecular complexity index is 1220. The SMILES string of the molecule is COC(=O)[C@H](C)NC(=O)[C@H](CC1CCCCC1)NC(=O)[C@@H](C)NC(=O)[C@@H](C)NC(=O)[C@H](Cc1cncn1C)NC(=O)OC(C)(C)C. The van der Waals surface area contributed by atoms with Crippen LogP contribution >= 0.6 is 0 Å². The summed E-state index contributed by atoms with van der Waals surface area (Å²) < 4.78 is 11.7. The minimum absolute atomic E-state index is 0.0771. The second-order valence-corrected chi connectivity index (χ2v) is 12.9. The van der Waals surface area contributed by atoms with Gasteiger partial charge in [0.15, 0.2) is 0 Å². The average Bonchev–Trinajstić information content (AvgIpc) is 3.38. The number of hydrogen-bond acceptors (Lipinski definition) is 9. The largest absolute Gasteiger partial charge is 0.467 e. The molecule has 1 aromatic heterocycles. The smallest absolute Gasteiger partial charge is 0.408 e. The molecule has 0 unspecified atom stereocenters. The van der Waals surface area contributed by atoms with Crippen molar-refractivity contribution in [2.75, 3.05) is 7.11 Å². The molecule has 0 aliphatic heterocycles. The number of aryl methyl sites for hydroxylation is 1. The van der Waals surface area contributed by atoms with Crippen LogP contribution in [0.15, 0.2) is 12.5 Å². The van der Waals surface area contributed by atoms with Crippen molar-refractivity contribution in [1.82, 2.24) is 36.1 Å². The van der Waals surface area contributed by atoms with Crippen LogP contribution in [0.1, 0.15) is 85.8 Å². The summed E-state index contributed by atoms with van der Waals surface area (Å²) in [5.74, 6) is -2.80. The summed E-state index contributed by atoms with van der Waals surface area (Å²) in [5, 5.41) is 13.0. The van der Waals surface area contributed by atoms with Gasteiger partial charge in [0.2, 0.25) is 23.6 Å². The third-order valence-corrected chi connectivity index (χ3v) is 7.68. The molecule has 0 aromatic carbocycles. The number of ether oxygens (including phenoxy) is 2. The molecule has 258 valence electrons. The molecule has 1 heterocycles. The van der Waals surface area contributed by atoms with E-state index in [4.69, 9.17) is 9.47 Å². The van der Waals surface area contributed by atoms with Gasteiger partial charge in [-0.25, -0.2) is 14.6 Å². The van der Waals surface area contributed by atoms with Crippen LogP contribution < -0.4 is 26.6 Å². The molecule has 1 fully saturated rings. The van der Waals surface area contributed by atoms with Crippen LogP contribution in [-0.4, -0.2) is 88.2 Å². The third-order valence-electron chi connectivity index (χ3n) is 7.68. The van der Waals surface area contributed by atoms with Crippen LogP contribution in [0.25, 0.3) is 0 Å². The van der Waals surface area contributed by atoms with Gasteiger partial charge in [0, 0.05) is 25.4 Å². The van der Waals surface area contributed by atoms with Gasteiger partial charge in [0.05, 0.1) is 13.4 Å². The lowest BCUT2D eigenvalue weighted by Crippen LogP contribution is -2.58. The second-order valence-electron chi connectivity index (χ2n) is 12.9. The number of hydrogen-bond donors (Lipinski definition) is 5. The van der Waals surface area contributed by atoms with Crippen LogP contribution in [0, 0.1) is 5.92 Å². The standard InChI is InChI=1S/C31H51N7O8/c1-18(34-28(42)24(15-22-16-32-17-38(22)7)37-30(44)46-31(4,5)6)25(39)33-19(2)26(40)36-23(14-21-12-10-9-11-13-21)27(41)35-20(3)29(43)45-8/h16-21,23-24H,9-15H2,1-8H3,(H,33,39)(H,34,42)(H,35,41)(H,36,40)(H,37,44)/t18-,19-,20+,23+,24+/m1/s1. The molecular weight excluding hydrogens is 598 g/mol. The minimum atomic E-state index is -1.09. The Morgan fingerprint density at radius 3 is 1.91 bits per heavy atom. The number of carbonyl (C=O) groups is 6. The molecule has 15 nitrogen and oxygen atoms in total. The van der Waals surface area contributed by atoms with Crippen molar-refractivity contribution in [1.29, 1.82) is 0 Å². The number of aromatic nitrogens is 2. The summed E-state index contributed by atoms with van der Waals surface area (Å²) in [6.45, 7) is 9.48. The molecule has 1 aromatic rings. The zero-order valence-electron chi connectivity index (χ0n) is 28.2. The lowest BCUT2D eigenvalue weighted by molar-refractivity contribution is -0.145. The fourth-order valence-electron chi connectivity index (χ4n) is 5.07. The Labute approximate surface area is 270 Å². The van der Waals surface area contributed by atoms with Gasteiger partial charge in [-0.2, -0.15) is 0 Å². The fourth-order valence-corrected chi connectivity index (χ4v) is 5.07. The summed E-state index contributed by atoms with van der Waals surface area (Å²) in [4.78, 5) is 80.9. The van der Waals surface area contributed by atoms with E-state index in [1.54, 1.807) is 44.9 Å². The van der Waals surface area contributed by atoms with Crippen molar-refractivity contribution in [2.24, 2.45) is 13.0 Å². The quantitative estimate of drug-likeness (QED) is 0.183. The minimum Gasteiger partial charge on any atom is -0.467 e. The molecule has 5 amide bonds. The Morgan fingerprint density at radius 2 is 1.37 bits per heavy atom. The maximum absolute atomic E-state index is 13.2. The highest BCUT2D eigenvalue weighted by Crippen LogP contribution is 2.27. The second kappa shape index (κ2) is 17.5. The molecular formula is C31H51N7O8. The lowest BCUT2D eigenvalue weighted by atomic mass is 9.84. The van der Waals surface area contributed by atoms with E-state index >= 15 is 0 Å².